The summed E-state index contributed by atoms with van der Waals surface area (Å²) in [6.07, 6.45) is 55.2. The molecular formula is C50H92N2O6P+. The summed E-state index contributed by atoms with van der Waals surface area (Å²) in [6, 6.07) is -0.764. The number of quaternary nitrogens is 1. The van der Waals surface area contributed by atoms with Crippen molar-refractivity contribution in [3.05, 3.63) is 72.9 Å². The predicted octanol–water partition coefficient (Wildman–Crippen LogP) is 13.6. The van der Waals surface area contributed by atoms with Crippen LogP contribution in [0.1, 0.15) is 187 Å². The molecule has 0 fully saturated rings. The molecule has 0 aliphatic carbocycles. The fourth-order valence-corrected chi connectivity index (χ4v) is 7.20. The first kappa shape index (κ1) is 56.9. The van der Waals surface area contributed by atoms with Gasteiger partial charge in [-0.25, -0.2) is 4.57 Å². The quantitative estimate of drug-likeness (QED) is 0.0245. The van der Waals surface area contributed by atoms with E-state index in [1.165, 1.54) is 77.0 Å². The number of likely N-dealkylation sites (N-methyl/N-ethyl adjacent to an activating group) is 1. The minimum atomic E-state index is -4.31. The van der Waals surface area contributed by atoms with Crippen molar-refractivity contribution in [3.63, 3.8) is 0 Å². The Morgan fingerprint density at radius 2 is 1.02 bits per heavy atom. The zero-order chi connectivity index (χ0) is 43.6. The highest BCUT2D eigenvalue weighted by atomic mass is 31.2. The molecule has 9 heteroatoms. The predicted molar refractivity (Wildman–Crippen MR) is 253 cm³/mol. The molecular weight excluding hydrogens is 756 g/mol. The molecule has 0 aliphatic heterocycles. The number of aliphatic hydroxyl groups excluding tert-OH is 1. The first-order valence-electron chi connectivity index (χ1n) is 23.8. The normalized spacial score (nSPS) is 14.9. The van der Waals surface area contributed by atoms with Crippen LogP contribution in [0.25, 0.3) is 0 Å². The number of phosphoric acid groups is 1. The van der Waals surface area contributed by atoms with Crippen molar-refractivity contribution in [1.82, 2.24) is 5.32 Å². The van der Waals surface area contributed by atoms with E-state index in [-0.39, 0.29) is 19.1 Å². The van der Waals surface area contributed by atoms with Crippen LogP contribution in [0.2, 0.25) is 0 Å². The molecule has 0 aromatic rings. The van der Waals surface area contributed by atoms with Gasteiger partial charge in [0.2, 0.25) is 5.91 Å². The van der Waals surface area contributed by atoms with Crippen LogP contribution in [0, 0.1) is 0 Å². The van der Waals surface area contributed by atoms with Crippen LogP contribution in [0.5, 0.6) is 0 Å². The van der Waals surface area contributed by atoms with Crippen molar-refractivity contribution in [2.45, 2.75) is 199 Å². The van der Waals surface area contributed by atoms with Crippen molar-refractivity contribution in [2.24, 2.45) is 0 Å². The number of amides is 1. The fraction of sp³-hybridized carbons (Fsp3) is 0.740. The Morgan fingerprint density at radius 1 is 0.593 bits per heavy atom. The largest absolute Gasteiger partial charge is 0.472 e. The van der Waals surface area contributed by atoms with Crippen LogP contribution < -0.4 is 5.32 Å². The maximum absolute atomic E-state index is 12.9. The molecule has 1 amide bonds. The molecule has 3 atom stereocenters. The number of aliphatic hydroxyl groups is 1. The van der Waals surface area contributed by atoms with Crippen LogP contribution >= 0.6 is 7.82 Å². The molecule has 0 bridgehead atoms. The van der Waals surface area contributed by atoms with Gasteiger partial charge in [-0.3, -0.25) is 13.8 Å². The molecule has 59 heavy (non-hydrogen) atoms. The number of allylic oxidation sites excluding steroid dienone is 12. The molecule has 0 spiro atoms. The Morgan fingerprint density at radius 3 is 1.49 bits per heavy atom. The molecule has 0 saturated heterocycles. The van der Waals surface area contributed by atoms with Gasteiger partial charge in [-0.2, -0.15) is 0 Å². The lowest BCUT2D eigenvalue weighted by molar-refractivity contribution is -0.870. The Balaban J connectivity index is 4.10. The van der Waals surface area contributed by atoms with E-state index in [0.717, 1.165) is 83.5 Å². The number of unbranched alkanes of at least 4 members (excludes halogenated alkanes) is 17. The summed E-state index contributed by atoms with van der Waals surface area (Å²) >= 11 is 0. The summed E-state index contributed by atoms with van der Waals surface area (Å²) < 4.78 is 23.5. The first-order valence-corrected chi connectivity index (χ1v) is 25.3. The molecule has 0 aliphatic rings. The highest BCUT2D eigenvalue weighted by Gasteiger charge is 2.28. The van der Waals surface area contributed by atoms with Gasteiger partial charge < -0.3 is 19.8 Å². The average molecular weight is 848 g/mol. The minimum absolute atomic E-state index is 0.0703. The van der Waals surface area contributed by atoms with Gasteiger partial charge >= 0.3 is 7.82 Å². The number of nitrogens with one attached hydrogen (secondary N) is 1. The standard InChI is InChI=1S/C50H91N2O6P/c1-6-8-10-12-14-16-17-18-19-20-21-22-23-24-25-26-27-28-29-30-31-32-33-34-35-36-38-40-42-44-50(54)51-48(47-58-59(55,56)57-46-45-52(3,4)5)49(53)43-41-39-37-15-13-11-9-7-2/h8,10,14,16,18-19,21-22,24-25,27-28,48-49,53H,6-7,9,11-13,15,17,20,23,26,29-47H2,1-5H3,(H-,51,54,55,56)/p+1/b10-8-,16-14-,19-18-,22-21-,25-24-,28-27-. The maximum Gasteiger partial charge on any atom is 0.472 e. The van der Waals surface area contributed by atoms with Gasteiger partial charge in [-0.15, -0.1) is 0 Å². The Bertz CT molecular complexity index is 1190. The van der Waals surface area contributed by atoms with Crippen LogP contribution in [0.3, 0.4) is 0 Å². The van der Waals surface area contributed by atoms with Crippen molar-refractivity contribution in [3.8, 4) is 0 Å². The number of phosphoric ester groups is 1. The summed E-state index contributed by atoms with van der Waals surface area (Å²) in [5.74, 6) is -0.156. The van der Waals surface area contributed by atoms with Gasteiger partial charge in [0.1, 0.15) is 13.2 Å². The fourth-order valence-electron chi connectivity index (χ4n) is 6.46. The number of rotatable bonds is 42. The Labute approximate surface area is 364 Å². The summed E-state index contributed by atoms with van der Waals surface area (Å²) in [5, 5.41) is 13.9. The van der Waals surface area contributed by atoms with E-state index in [9.17, 15) is 19.4 Å². The smallest absolute Gasteiger partial charge is 0.391 e. The molecule has 342 valence electrons. The minimum Gasteiger partial charge on any atom is -0.391 e. The molecule has 0 saturated carbocycles. The van der Waals surface area contributed by atoms with E-state index in [4.69, 9.17) is 9.05 Å². The third-order valence-corrected chi connectivity index (χ3v) is 11.2. The number of hydrogen-bond acceptors (Lipinski definition) is 5. The van der Waals surface area contributed by atoms with E-state index in [1.54, 1.807) is 0 Å². The van der Waals surface area contributed by atoms with Crippen molar-refractivity contribution in [1.29, 1.82) is 0 Å². The van der Waals surface area contributed by atoms with Gasteiger partial charge in [0.05, 0.1) is 39.9 Å². The molecule has 0 aromatic carbocycles. The second-order valence-corrected chi connectivity index (χ2v) is 18.6. The molecule has 3 N–H and O–H groups in total. The average Bonchev–Trinajstić information content (AvgIpc) is 3.19. The number of carbonyl (C=O) groups is 1. The lowest BCUT2D eigenvalue weighted by atomic mass is 10.0. The van der Waals surface area contributed by atoms with Crippen molar-refractivity contribution < 1.29 is 32.9 Å². The van der Waals surface area contributed by atoms with Gasteiger partial charge in [0, 0.05) is 6.42 Å². The van der Waals surface area contributed by atoms with Gasteiger partial charge in [0.25, 0.3) is 0 Å². The third-order valence-electron chi connectivity index (χ3n) is 10.2. The molecule has 0 heterocycles. The number of carbonyl (C=O) groups excluding carboxylic acids is 1. The molecule has 8 nitrogen and oxygen atoms in total. The molecule has 0 aromatic heterocycles. The van der Waals surface area contributed by atoms with E-state index in [2.05, 4.69) is 92.1 Å². The van der Waals surface area contributed by atoms with E-state index in [1.807, 2.05) is 21.1 Å². The maximum atomic E-state index is 12.9. The summed E-state index contributed by atoms with van der Waals surface area (Å²) in [5.41, 5.74) is 0. The zero-order valence-electron chi connectivity index (χ0n) is 38.7. The summed E-state index contributed by atoms with van der Waals surface area (Å²) in [6.45, 7) is 4.72. The highest BCUT2D eigenvalue weighted by Crippen LogP contribution is 2.43. The Kier molecular flexibility index (Phi) is 39.9. The first-order chi connectivity index (χ1) is 28.5. The second-order valence-electron chi connectivity index (χ2n) is 17.1. The van der Waals surface area contributed by atoms with Crippen molar-refractivity contribution in [2.75, 3.05) is 40.9 Å². The van der Waals surface area contributed by atoms with Gasteiger partial charge in [-0.1, -0.05) is 189 Å². The van der Waals surface area contributed by atoms with Crippen LogP contribution in [0.4, 0.5) is 0 Å². The SMILES string of the molecule is CC/C=C\C/C=C\C/C=C\C/C=C\C/C=C\C/C=C\CCCCCCCCCCCCC(=O)NC(COP(=O)(O)OCC[N+](C)(C)C)C(O)CCCCCCCCCC. The molecule has 0 rings (SSSR count). The van der Waals surface area contributed by atoms with Crippen LogP contribution in [0.15, 0.2) is 72.9 Å². The van der Waals surface area contributed by atoms with Crippen LogP contribution in [-0.4, -0.2) is 73.4 Å². The summed E-state index contributed by atoms with van der Waals surface area (Å²) in [7, 11) is 1.60. The topological polar surface area (TPSA) is 105 Å². The van der Waals surface area contributed by atoms with Gasteiger partial charge in [0.15, 0.2) is 0 Å². The van der Waals surface area contributed by atoms with E-state index in [0.29, 0.717) is 23.9 Å². The lowest BCUT2D eigenvalue weighted by Gasteiger charge is -2.26. The molecule has 3 unspecified atom stereocenters. The second kappa shape index (κ2) is 41.3. The highest BCUT2D eigenvalue weighted by molar-refractivity contribution is 7.47. The van der Waals surface area contributed by atoms with E-state index < -0.39 is 20.0 Å². The Hall–Kier alpha value is -2.06. The lowest BCUT2D eigenvalue weighted by Crippen LogP contribution is -2.46. The van der Waals surface area contributed by atoms with E-state index >= 15 is 0 Å². The van der Waals surface area contributed by atoms with Gasteiger partial charge in [-0.05, 0) is 64.2 Å². The zero-order valence-corrected chi connectivity index (χ0v) is 39.6. The third kappa shape index (κ3) is 43.8. The monoisotopic (exact) mass is 848 g/mol. The van der Waals surface area contributed by atoms with Crippen LogP contribution in [-0.2, 0) is 18.4 Å². The summed E-state index contributed by atoms with van der Waals surface area (Å²) in [4.78, 5) is 23.1. The number of hydrogen-bond donors (Lipinski definition) is 3. The number of nitrogens with zero attached hydrogens (tertiary/aromatic N) is 1. The molecule has 0 radical (unpaired) electrons. The van der Waals surface area contributed by atoms with Crippen molar-refractivity contribution >= 4 is 13.7 Å².